The minimum Gasteiger partial charge on any atom is -0.320 e. The average molecular weight is 420 g/mol. The fraction of sp³-hybridized carbons (Fsp3) is 0.167. The van der Waals surface area contributed by atoms with Crippen molar-refractivity contribution in [3.63, 3.8) is 0 Å². The van der Waals surface area contributed by atoms with Crippen molar-refractivity contribution in [3.8, 4) is 0 Å². The van der Waals surface area contributed by atoms with Crippen LogP contribution in [-0.2, 0) is 13.2 Å². The molecule has 0 saturated carbocycles. The number of rotatable bonds is 2. The van der Waals surface area contributed by atoms with Crippen molar-refractivity contribution in [3.05, 3.63) is 49.9 Å². The number of hydrogen-bond donors (Lipinski definition) is 1. The molecule has 2 aromatic rings. The molecule has 4 nitrogen and oxygen atoms in total. The summed E-state index contributed by atoms with van der Waals surface area (Å²) in [5, 5.41) is 1.67. The van der Waals surface area contributed by atoms with Crippen molar-refractivity contribution in [2.24, 2.45) is 7.05 Å². The summed E-state index contributed by atoms with van der Waals surface area (Å²) in [5.41, 5.74) is -4.29. The first-order valence-corrected chi connectivity index (χ1v) is 6.68. The Balaban J connectivity index is 2.66. The van der Waals surface area contributed by atoms with Crippen LogP contribution in [0.25, 0.3) is 0 Å². The number of benzene rings is 1. The number of halogens is 8. The molecule has 0 aliphatic carbocycles. The number of aromatic nitrogens is 2. The molecular weight excluding hydrogens is 415 g/mol. The lowest BCUT2D eigenvalue weighted by atomic mass is 10.2. The summed E-state index contributed by atoms with van der Waals surface area (Å²) in [6, 6.07) is 0.153. The molecule has 1 aromatic heterocycles. The minimum absolute atomic E-state index is 0.153. The molecule has 0 amide bonds. The van der Waals surface area contributed by atoms with E-state index in [9.17, 15) is 35.5 Å². The van der Waals surface area contributed by atoms with Crippen molar-refractivity contribution in [2.75, 3.05) is 5.32 Å². The van der Waals surface area contributed by atoms with E-state index in [-0.39, 0.29) is 6.07 Å². The highest BCUT2D eigenvalue weighted by molar-refractivity contribution is 9.10. The van der Waals surface area contributed by atoms with Gasteiger partial charge in [-0.25, -0.2) is 22.5 Å². The molecule has 1 N–H and O–H groups in total. The van der Waals surface area contributed by atoms with Crippen molar-refractivity contribution in [1.82, 2.24) is 9.55 Å². The molecule has 0 atom stereocenters. The second-order valence-electron chi connectivity index (χ2n) is 4.43. The van der Waals surface area contributed by atoms with Crippen LogP contribution in [0.1, 0.15) is 5.69 Å². The van der Waals surface area contributed by atoms with Gasteiger partial charge >= 0.3 is 6.18 Å². The van der Waals surface area contributed by atoms with Gasteiger partial charge in [-0.05, 0) is 15.9 Å². The maximum absolute atomic E-state index is 13.7. The molecule has 0 spiro atoms. The molecule has 0 radical (unpaired) electrons. The SMILES string of the molecule is Cn1c(Nc2c(F)c(F)c(Br)c(F)c2F)nc(C(F)(F)F)cc1=O. The van der Waals surface area contributed by atoms with Crippen LogP contribution in [-0.4, -0.2) is 9.55 Å². The Labute approximate surface area is 137 Å². The average Bonchev–Trinajstić information content (AvgIpc) is 2.50. The number of anilines is 2. The number of hydrogen-bond acceptors (Lipinski definition) is 3. The Morgan fingerprint density at radius 3 is 2.04 bits per heavy atom. The van der Waals surface area contributed by atoms with Gasteiger partial charge in [-0.15, -0.1) is 0 Å². The predicted octanol–water partition coefficient (Wildman–Crippen LogP) is 3.86. The van der Waals surface area contributed by atoms with Crippen LogP contribution in [0.15, 0.2) is 15.3 Å². The molecule has 2 rings (SSSR count). The molecule has 0 unspecified atom stereocenters. The van der Waals surface area contributed by atoms with Gasteiger partial charge in [0, 0.05) is 13.1 Å². The highest BCUT2D eigenvalue weighted by atomic mass is 79.9. The zero-order valence-corrected chi connectivity index (χ0v) is 13.0. The van der Waals surface area contributed by atoms with Gasteiger partial charge in [-0.3, -0.25) is 9.36 Å². The monoisotopic (exact) mass is 419 g/mol. The quantitative estimate of drug-likeness (QED) is 0.456. The van der Waals surface area contributed by atoms with E-state index in [1.54, 1.807) is 5.32 Å². The number of alkyl halides is 3. The number of nitrogens with one attached hydrogen (secondary N) is 1. The van der Waals surface area contributed by atoms with E-state index in [4.69, 9.17) is 0 Å². The Hall–Kier alpha value is -2.11. The lowest BCUT2D eigenvalue weighted by Crippen LogP contribution is -2.25. The Morgan fingerprint density at radius 1 is 1.08 bits per heavy atom. The zero-order chi connectivity index (χ0) is 18.4. The third-order valence-corrected chi connectivity index (χ3v) is 3.57. The maximum atomic E-state index is 13.7. The smallest absolute Gasteiger partial charge is 0.320 e. The van der Waals surface area contributed by atoms with Crippen LogP contribution in [0.2, 0.25) is 0 Å². The fourth-order valence-corrected chi connectivity index (χ4v) is 1.97. The topological polar surface area (TPSA) is 46.9 Å². The summed E-state index contributed by atoms with van der Waals surface area (Å²) in [7, 11) is 0.944. The summed E-state index contributed by atoms with van der Waals surface area (Å²) in [5.74, 6) is -8.41. The molecule has 0 saturated heterocycles. The second kappa shape index (κ2) is 6.07. The van der Waals surface area contributed by atoms with Gasteiger partial charge in [0.15, 0.2) is 29.0 Å². The molecule has 24 heavy (non-hydrogen) atoms. The zero-order valence-electron chi connectivity index (χ0n) is 11.4. The first kappa shape index (κ1) is 18.2. The van der Waals surface area contributed by atoms with Gasteiger partial charge in [0.05, 0.1) is 4.47 Å². The summed E-state index contributed by atoms with van der Waals surface area (Å²) in [4.78, 5) is 14.5. The third kappa shape index (κ3) is 3.09. The highest BCUT2D eigenvalue weighted by Gasteiger charge is 2.34. The van der Waals surface area contributed by atoms with E-state index < -0.39 is 56.8 Å². The van der Waals surface area contributed by atoms with Crippen LogP contribution in [0, 0.1) is 23.3 Å². The molecule has 0 bridgehead atoms. The van der Waals surface area contributed by atoms with E-state index in [0.29, 0.717) is 4.57 Å². The Morgan fingerprint density at radius 2 is 1.58 bits per heavy atom. The van der Waals surface area contributed by atoms with Gasteiger partial charge < -0.3 is 5.32 Å². The lowest BCUT2D eigenvalue weighted by Gasteiger charge is -2.14. The van der Waals surface area contributed by atoms with Crippen LogP contribution < -0.4 is 10.9 Å². The second-order valence-corrected chi connectivity index (χ2v) is 5.22. The highest BCUT2D eigenvalue weighted by Crippen LogP contribution is 2.33. The normalized spacial score (nSPS) is 11.7. The predicted molar refractivity (Wildman–Crippen MR) is 71.7 cm³/mol. The van der Waals surface area contributed by atoms with E-state index >= 15 is 0 Å². The Bertz CT molecular complexity index is 849. The molecular formula is C12H5BrF7N3O. The van der Waals surface area contributed by atoms with E-state index in [2.05, 4.69) is 20.9 Å². The van der Waals surface area contributed by atoms with Crippen LogP contribution in [0.3, 0.4) is 0 Å². The maximum Gasteiger partial charge on any atom is 0.433 e. The van der Waals surface area contributed by atoms with Crippen molar-refractivity contribution < 1.29 is 30.7 Å². The Kier molecular flexibility index (Phi) is 4.61. The molecule has 12 heteroatoms. The van der Waals surface area contributed by atoms with E-state index in [1.807, 2.05) is 0 Å². The standard InChI is InChI=1S/C12H5BrF7N3O/c1-23-4(24)2-3(12(18,19)20)21-11(23)22-10-8(16)6(14)5(13)7(15)9(10)17/h2H,1H3,(H,21,22). The third-order valence-electron chi connectivity index (χ3n) is 2.87. The number of nitrogens with zero attached hydrogens (tertiary/aromatic N) is 2. The van der Waals surface area contributed by atoms with Gasteiger partial charge in [-0.1, -0.05) is 0 Å². The van der Waals surface area contributed by atoms with Crippen LogP contribution in [0.5, 0.6) is 0 Å². The largest absolute Gasteiger partial charge is 0.433 e. The van der Waals surface area contributed by atoms with Gasteiger partial charge in [0.2, 0.25) is 5.95 Å². The van der Waals surface area contributed by atoms with Gasteiger partial charge in [0.25, 0.3) is 5.56 Å². The minimum atomic E-state index is -5.02. The summed E-state index contributed by atoms with van der Waals surface area (Å²) < 4.78 is 91.7. The molecule has 130 valence electrons. The summed E-state index contributed by atoms with van der Waals surface area (Å²) >= 11 is 2.29. The first-order valence-electron chi connectivity index (χ1n) is 5.88. The van der Waals surface area contributed by atoms with E-state index in [1.165, 1.54) is 0 Å². The van der Waals surface area contributed by atoms with Crippen molar-refractivity contribution in [2.45, 2.75) is 6.18 Å². The van der Waals surface area contributed by atoms with Gasteiger partial charge in [0.1, 0.15) is 5.69 Å². The summed E-state index contributed by atoms with van der Waals surface area (Å²) in [6.07, 6.45) is -5.02. The molecule has 1 aromatic carbocycles. The molecule has 1 heterocycles. The molecule has 0 aliphatic heterocycles. The van der Waals surface area contributed by atoms with Gasteiger partial charge in [-0.2, -0.15) is 13.2 Å². The van der Waals surface area contributed by atoms with Crippen molar-refractivity contribution in [1.29, 1.82) is 0 Å². The summed E-state index contributed by atoms with van der Waals surface area (Å²) in [6.45, 7) is 0. The van der Waals surface area contributed by atoms with Crippen LogP contribution >= 0.6 is 15.9 Å². The van der Waals surface area contributed by atoms with Crippen molar-refractivity contribution >= 4 is 27.6 Å². The van der Waals surface area contributed by atoms with E-state index in [0.717, 1.165) is 7.05 Å². The molecule has 0 aliphatic rings. The molecule has 0 fully saturated rings. The first-order chi connectivity index (χ1) is 10.9. The lowest BCUT2D eigenvalue weighted by molar-refractivity contribution is -0.141. The van der Waals surface area contributed by atoms with Crippen LogP contribution in [0.4, 0.5) is 42.4 Å². The fourth-order valence-electron chi connectivity index (χ4n) is 1.62.